The van der Waals surface area contributed by atoms with E-state index in [1.165, 1.54) is 12.1 Å². The molecule has 7 heteroatoms. The van der Waals surface area contributed by atoms with Gasteiger partial charge in [0.15, 0.2) is 0 Å². The van der Waals surface area contributed by atoms with Crippen LogP contribution in [0.4, 0.5) is 14.9 Å². The lowest BCUT2D eigenvalue weighted by molar-refractivity contribution is -0.136. The zero-order chi connectivity index (χ0) is 20.0. The predicted molar refractivity (Wildman–Crippen MR) is 99.5 cm³/mol. The summed E-state index contributed by atoms with van der Waals surface area (Å²) in [6, 6.07) is 3.53. The van der Waals surface area contributed by atoms with Crippen molar-refractivity contribution in [1.29, 1.82) is 0 Å². The van der Waals surface area contributed by atoms with E-state index in [9.17, 15) is 18.8 Å². The van der Waals surface area contributed by atoms with E-state index in [0.29, 0.717) is 30.0 Å². The van der Waals surface area contributed by atoms with Gasteiger partial charge in [0.25, 0.3) is 5.91 Å². The molecule has 1 heterocycles. The molecule has 2 atom stereocenters. The molecule has 1 saturated carbocycles. The smallest absolute Gasteiger partial charge is 0.324 e. The fourth-order valence-corrected chi connectivity index (χ4v) is 4.71. The molecule has 146 valence electrons. The lowest BCUT2D eigenvalue weighted by Gasteiger charge is -2.43. The molecule has 4 amide bonds. The van der Waals surface area contributed by atoms with Crippen molar-refractivity contribution in [1.82, 2.24) is 10.2 Å². The number of nitrogens with zero attached hydrogens (tertiary/aromatic N) is 1. The fraction of sp³-hybridized carbons (Fsp3) is 0.550. The number of aryl methyl sites for hydroxylation is 1. The van der Waals surface area contributed by atoms with E-state index in [2.05, 4.69) is 31.4 Å². The van der Waals surface area contributed by atoms with E-state index in [1.54, 1.807) is 13.0 Å². The maximum atomic E-state index is 13.4. The monoisotopic (exact) mass is 375 g/mol. The summed E-state index contributed by atoms with van der Waals surface area (Å²) in [5.74, 6) is -1.06. The molecule has 2 aliphatic rings. The maximum absolute atomic E-state index is 13.4. The second-order valence-corrected chi connectivity index (χ2v) is 8.77. The average Bonchev–Trinajstić information content (AvgIpc) is 2.72. The fourth-order valence-electron chi connectivity index (χ4n) is 4.71. The highest BCUT2D eigenvalue weighted by Gasteiger charge is 2.56. The van der Waals surface area contributed by atoms with Gasteiger partial charge in [-0.25, -0.2) is 9.18 Å². The molecule has 2 N–H and O–H groups in total. The number of carbonyl (C=O) groups excluding carboxylic acids is 3. The van der Waals surface area contributed by atoms with Gasteiger partial charge in [0.05, 0.1) is 0 Å². The van der Waals surface area contributed by atoms with Gasteiger partial charge in [-0.3, -0.25) is 14.5 Å². The number of nitrogens with one attached hydrogen (secondary N) is 2. The van der Waals surface area contributed by atoms with Crippen molar-refractivity contribution in [3.63, 3.8) is 0 Å². The van der Waals surface area contributed by atoms with E-state index in [1.807, 2.05) is 0 Å². The highest BCUT2D eigenvalue weighted by atomic mass is 19.1. The highest BCUT2D eigenvalue weighted by Crippen LogP contribution is 2.46. The molecule has 1 aliphatic heterocycles. The Kier molecular flexibility index (Phi) is 4.74. The third kappa shape index (κ3) is 3.82. The first-order valence-corrected chi connectivity index (χ1v) is 9.21. The molecule has 2 unspecified atom stereocenters. The molecule has 1 aromatic rings. The van der Waals surface area contributed by atoms with Gasteiger partial charge in [0, 0.05) is 5.69 Å². The molecule has 0 aromatic heterocycles. The van der Waals surface area contributed by atoms with E-state index >= 15 is 0 Å². The number of hydrogen-bond donors (Lipinski definition) is 2. The van der Waals surface area contributed by atoms with E-state index < -0.39 is 29.8 Å². The molecule has 0 bridgehead atoms. The van der Waals surface area contributed by atoms with Crippen LogP contribution in [0.1, 0.15) is 45.6 Å². The van der Waals surface area contributed by atoms with Crippen LogP contribution in [-0.4, -0.2) is 34.8 Å². The molecular weight excluding hydrogens is 349 g/mol. The Bertz CT molecular complexity index is 808. The number of imide groups is 1. The summed E-state index contributed by atoms with van der Waals surface area (Å²) in [7, 11) is 0. The minimum absolute atomic E-state index is 0.0719. The lowest BCUT2D eigenvalue weighted by Crippen LogP contribution is -2.54. The first-order chi connectivity index (χ1) is 12.5. The lowest BCUT2D eigenvalue weighted by atomic mass is 9.64. The van der Waals surface area contributed by atoms with E-state index in [0.717, 1.165) is 11.3 Å². The first kappa shape index (κ1) is 19.3. The zero-order valence-corrected chi connectivity index (χ0v) is 16.2. The normalized spacial score (nSPS) is 27.0. The minimum Gasteiger partial charge on any atom is -0.324 e. The van der Waals surface area contributed by atoms with Crippen molar-refractivity contribution in [2.24, 2.45) is 11.3 Å². The molecular formula is C20H26FN3O3. The van der Waals surface area contributed by atoms with Crippen LogP contribution in [0.5, 0.6) is 0 Å². The Morgan fingerprint density at radius 3 is 2.70 bits per heavy atom. The number of halogens is 1. The quantitative estimate of drug-likeness (QED) is 0.797. The van der Waals surface area contributed by atoms with Crippen molar-refractivity contribution < 1.29 is 18.8 Å². The third-order valence-corrected chi connectivity index (χ3v) is 5.40. The second-order valence-electron chi connectivity index (χ2n) is 8.77. The molecule has 1 aliphatic carbocycles. The largest absolute Gasteiger partial charge is 0.325 e. The van der Waals surface area contributed by atoms with Crippen LogP contribution in [0.3, 0.4) is 0 Å². The second kappa shape index (κ2) is 6.62. The van der Waals surface area contributed by atoms with Gasteiger partial charge in [-0.2, -0.15) is 0 Å². The van der Waals surface area contributed by atoms with Crippen LogP contribution in [0.15, 0.2) is 18.2 Å². The molecule has 0 radical (unpaired) electrons. The Labute approximate surface area is 158 Å². The Morgan fingerprint density at radius 1 is 1.33 bits per heavy atom. The van der Waals surface area contributed by atoms with Gasteiger partial charge in [-0.15, -0.1) is 0 Å². The van der Waals surface area contributed by atoms with E-state index in [4.69, 9.17) is 0 Å². The molecule has 3 rings (SSSR count). The highest BCUT2D eigenvalue weighted by molar-refractivity contribution is 6.10. The maximum Gasteiger partial charge on any atom is 0.325 e. The number of urea groups is 1. The zero-order valence-electron chi connectivity index (χ0n) is 16.2. The van der Waals surface area contributed by atoms with Crippen LogP contribution in [-0.2, 0) is 9.59 Å². The van der Waals surface area contributed by atoms with Crippen molar-refractivity contribution in [2.75, 3.05) is 11.9 Å². The van der Waals surface area contributed by atoms with Gasteiger partial charge >= 0.3 is 6.03 Å². The standard InChI is InChI=1S/C20H26FN3O3/c1-12-8-19(3,4)11-20(9-12)17(26)24(18(27)23-20)10-16(25)22-15-7-14(21)6-5-13(15)2/h5-7,12H,8-11H2,1-4H3,(H,22,25)(H,23,27). The first-order valence-electron chi connectivity index (χ1n) is 9.21. The number of rotatable bonds is 3. The molecule has 2 fully saturated rings. The number of amides is 4. The summed E-state index contributed by atoms with van der Waals surface area (Å²) in [5.41, 5.74) is 0.0145. The summed E-state index contributed by atoms with van der Waals surface area (Å²) in [4.78, 5) is 38.8. The van der Waals surface area contributed by atoms with Crippen LogP contribution in [0.2, 0.25) is 0 Å². The topological polar surface area (TPSA) is 78.5 Å². The molecule has 27 heavy (non-hydrogen) atoms. The Balaban J connectivity index is 1.74. The summed E-state index contributed by atoms with van der Waals surface area (Å²) in [6.07, 6.45) is 2.11. The van der Waals surface area contributed by atoms with Gasteiger partial charge in [-0.05, 0) is 55.2 Å². The Morgan fingerprint density at radius 2 is 2.04 bits per heavy atom. The van der Waals surface area contributed by atoms with Gasteiger partial charge in [-0.1, -0.05) is 26.8 Å². The van der Waals surface area contributed by atoms with Gasteiger partial charge in [0.1, 0.15) is 17.9 Å². The number of anilines is 1. The molecule has 1 saturated heterocycles. The van der Waals surface area contributed by atoms with Crippen molar-refractivity contribution >= 4 is 23.5 Å². The summed E-state index contributed by atoms with van der Waals surface area (Å²) in [6.45, 7) is 7.60. The molecule has 1 spiro atoms. The van der Waals surface area contributed by atoms with Crippen LogP contribution in [0, 0.1) is 24.1 Å². The van der Waals surface area contributed by atoms with Crippen LogP contribution in [0.25, 0.3) is 0 Å². The number of carbonyl (C=O) groups is 3. The number of hydrogen-bond acceptors (Lipinski definition) is 3. The SMILES string of the molecule is Cc1ccc(F)cc1NC(=O)CN1C(=O)NC2(CC(C)CC(C)(C)C2)C1=O. The molecule has 6 nitrogen and oxygen atoms in total. The molecule has 1 aromatic carbocycles. The van der Waals surface area contributed by atoms with Crippen molar-refractivity contribution in [3.8, 4) is 0 Å². The predicted octanol–water partition coefficient (Wildman–Crippen LogP) is 3.21. The van der Waals surface area contributed by atoms with Gasteiger partial charge < -0.3 is 10.6 Å². The van der Waals surface area contributed by atoms with Crippen molar-refractivity contribution in [2.45, 2.75) is 52.5 Å². The summed E-state index contributed by atoms with van der Waals surface area (Å²) in [5, 5.41) is 5.42. The van der Waals surface area contributed by atoms with E-state index in [-0.39, 0.29) is 11.3 Å². The van der Waals surface area contributed by atoms with Crippen LogP contribution < -0.4 is 10.6 Å². The number of benzene rings is 1. The van der Waals surface area contributed by atoms with Crippen LogP contribution >= 0.6 is 0 Å². The summed E-state index contributed by atoms with van der Waals surface area (Å²) >= 11 is 0. The summed E-state index contributed by atoms with van der Waals surface area (Å²) < 4.78 is 13.4. The van der Waals surface area contributed by atoms with Crippen molar-refractivity contribution in [3.05, 3.63) is 29.6 Å². The third-order valence-electron chi connectivity index (χ3n) is 5.40. The minimum atomic E-state index is -0.937. The Hall–Kier alpha value is -2.44. The average molecular weight is 375 g/mol. The van der Waals surface area contributed by atoms with Gasteiger partial charge in [0.2, 0.25) is 5.91 Å².